The number of nitrogens with two attached hydrogens (primary N) is 1. The number of fused-ring (bicyclic) bond motifs is 2. The Morgan fingerprint density at radius 2 is 1.08 bits per heavy atom. The molecule has 0 spiro atoms. The number of nitrogen functional groups attached to an aromatic ring is 1. The number of aromatic hydroxyl groups is 1. The number of nitrogens with zero attached hydrogens (tertiary/aromatic N) is 4. The van der Waals surface area contributed by atoms with Crippen LogP contribution >= 0.6 is 0 Å². The van der Waals surface area contributed by atoms with E-state index in [0.717, 1.165) is 55.0 Å². The fourth-order valence-electron chi connectivity index (χ4n) is 4.61. The molecule has 3 N–H and O–H groups in total. The third-order valence-corrected chi connectivity index (χ3v) is 10.8. The van der Waals surface area contributed by atoms with Crippen LogP contribution in [0.2, 0.25) is 0 Å². The van der Waals surface area contributed by atoms with Gasteiger partial charge >= 0.3 is 59.1 Å². The van der Waals surface area contributed by atoms with Crippen molar-refractivity contribution in [2.45, 2.75) is 19.6 Å². The third-order valence-electron chi connectivity index (χ3n) is 6.87. The van der Waals surface area contributed by atoms with Gasteiger partial charge < -0.3 is 19.9 Å². The van der Waals surface area contributed by atoms with Gasteiger partial charge in [-0.05, 0) is 72.1 Å². The molecule has 22 heteroatoms. The number of hydrogen-bond acceptors (Lipinski definition) is 16. The monoisotopic (exact) mass is 777 g/mol. The second-order valence-corrected chi connectivity index (χ2v) is 17.1. The van der Waals surface area contributed by atoms with E-state index in [1.54, 1.807) is 0 Å². The molecular weight excluding hydrogens is 757 g/mol. The van der Waals surface area contributed by atoms with E-state index in [1.165, 1.54) is 30.3 Å². The Bertz CT molecular complexity index is 2690. The maximum absolute atomic E-state index is 12.8. The molecule has 16 nitrogen and oxygen atoms in total. The van der Waals surface area contributed by atoms with Gasteiger partial charge in [0.1, 0.15) is 25.9 Å². The van der Waals surface area contributed by atoms with Gasteiger partial charge in [0.25, 0.3) is 0 Å². The van der Waals surface area contributed by atoms with Crippen molar-refractivity contribution in [3.63, 3.8) is 0 Å². The van der Waals surface area contributed by atoms with Crippen LogP contribution in [0.1, 0.15) is 0 Å². The molecule has 0 radical (unpaired) electrons. The summed E-state index contributed by atoms with van der Waals surface area (Å²) < 4.78 is 119. The van der Waals surface area contributed by atoms with Crippen molar-refractivity contribution in [3.8, 4) is 5.75 Å². The first-order chi connectivity index (χ1) is 22.1. The summed E-state index contributed by atoms with van der Waals surface area (Å²) in [6, 6.07) is 13.8. The first kappa shape index (κ1) is 41.6. The molecule has 0 saturated carbocycles. The van der Waals surface area contributed by atoms with Crippen molar-refractivity contribution in [1.29, 1.82) is 0 Å². The summed E-state index contributed by atoms with van der Waals surface area (Å²) in [7, 11) is -17.6. The molecule has 5 aromatic rings. The van der Waals surface area contributed by atoms with Crippen molar-refractivity contribution in [2.75, 3.05) is 18.2 Å². The van der Waals surface area contributed by atoms with E-state index in [0.29, 0.717) is 0 Å². The minimum Gasteiger partial charge on any atom is -0.744 e. The Morgan fingerprint density at radius 3 is 1.62 bits per heavy atom. The fraction of sp³-hybridized carbons (Fsp3) is 0.0714. The number of phenolic OH excluding ortho intramolecular Hbond substituents is 1. The van der Waals surface area contributed by atoms with Crippen molar-refractivity contribution < 1.29 is 107 Å². The number of sulfone groups is 2. The van der Waals surface area contributed by atoms with Crippen molar-refractivity contribution in [2.24, 2.45) is 20.5 Å². The fourth-order valence-corrected chi connectivity index (χ4v) is 7.24. The topological polar surface area (TPSA) is 278 Å². The molecule has 0 unspecified atom stereocenters. The smallest absolute Gasteiger partial charge is 0.744 e. The average Bonchev–Trinajstić information content (AvgIpc) is 2.97. The van der Waals surface area contributed by atoms with Crippen LogP contribution in [0.4, 0.5) is 28.4 Å². The molecule has 0 heterocycles. The van der Waals surface area contributed by atoms with Crippen LogP contribution in [0.5, 0.6) is 5.75 Å². The Balaban J connectivity index is 0.00000338. The zero-order valence-corrected chi connectivity index (χ0v) is 33.7. The molecule has 5 rings (SSSR count). The van der Waals surface area contributed by atoms with Gasteiger partial charge in [-0.1, -0.05) is 6.07 Å². The molecule has 0 bridgehead atoms. The predicted octanol–water partition coefficient (Wildman–Crippen LogP) is -1.27. The van der Waals surface area contributed by atoms with E-state index in [4.69, 9.17) is 5.73 Å². The molecule has 0 amide bonds. The second kappa shape index (κ2) is 15.0. The first-order valence-electron chi connectivity index (χ1n) is 13.1. The van der Waals surface area contributed by atoms with Gasteiger partial charge in [0.05, 0.1) is 42.3 Å². The van der Waals surface area contributed by atoms with Crippen LogP contribution in [0.15, 0.2) is 113 Å². The van der Waals surface area contributed by atoms with E-state index < -0.39 is 66.0 Å². The maximum Gasteiger partial charge on any atom is 1.00 e. The minimum absolute atomic E-state index is 0. The molecular formula is C28H21N5Na2O11S4. The largest absolute Gasteiger partial charge is 1.00 e. The summed E-state index contributed by atoms with van der Waals surface area (Å²) in [4.78, 5) is -1.93. The predicted molar refractivity (Wildman–Crippen MR) is 171 cm³/mol. The van der Waals surface area contributed by atoms with E-state index in [1.807, 2.05) is 0 Å². The van der Waals surface area contributed by atoms with Crippen LogP contribution in [0.3, 0.4) is 0 Å². The molecule has 0 aliphatic rings. The molecule has 0 fully saturated rings. The van der Waals surface area contributed by atoms with Gasteiger partial charge in [0.15, 0.2) is 25.4 Å². The summed E-state index contributed by atoms with van der Waals surface area (Å²) >= 11 is 0. The molecule has 0 atom stereocenters. The number of phenols is 1. The Morgan fingerprint density at radius 1 is 0.580 bits per heavy atom. The number of hydrogen-bond donors (Lipinski definition) is 2. The van der Waals surface area contributed by atoms with Crippen LogP contribution in [-0.2, 0) is 39.9 Å². The summed E-state index contributed by atoms with van der Waals surface area (Å²) in [5.74, 6) is -0.697. The molecule has 0 aliphatic heterocycles. The second-order valence-electron chi connectivity index (χ2n) is 10.3. The zero-order chi connectivity index (χ0) is 35.4. The van der Waals surface area contributed by atoms with E-state index in [-0.39, 0.29) is 108 Å². The molecule has 50 heavy (non-hydrogen) atoms. The van der Waals surface area contributed by atoms with E-state index >= 15 is 0 Å². The molecule has 250 valence electrons. The van der Waals surface area contributed by atoms with Crippen LogP contribution in [0, 0.1) is 0 Å². The SMILES string of the molecule is CS(=O)(=O)c1cc2cc(S(C)(=O)=O)c(N=Nc3ccc(N=Nc4ccc(S(=O)(=O)[O-])cc4)c4ccc(S(=O)(=O)[O-])cc34)c(O)c2cc1N.[Na+].[Na+]. The third kappa shape index (κ3) is 8.95. The van der Waals surface area contributed by atoms with E-state index in [2.05, 4.69) is 20.5 Å². The normalized spacial score (nSPS) is 12.7. The molecule has 0 saturated heterocycles. The summed E-state index contributed by atoms with van der Waals surface area (Å²) in [5.41, 5.74) is 5.33. The van der Waals surface area contributed by atoms with Gasteiger partial charge in [0, 0.05) is 28.7 Å². The van der Waals surface area contributed by atoms with Crippen molar-refractivity contribution in [1.82, 2.24) is 0 Å². The number of anilines is 1. The maximum atomic E-state index is 12.8. The van der Waals surface area contributed by atoms with Gasteiger partial charge in [-0.3, -0.25) is 0 Å². The quantitative estimate of drug-likeness (QED) is 0.0808. The Kier molecular flexibility index (Phi) is 12.5. The minimum atomic E-state index is -4.96. The number of azo groups is 2. The first-order valence-corrected chi connectivity index (χ1v) is 19.7. The van der Waals surface area contributed by atoms with Gasteiger partial charge in [-0.25, -0.2) is 33.7 Å². The molecule has 0 aliphatic carbocycles. The Labute approximate surface area is 330 Å². The van der Waals surface area contributed by atoms with Crippen molar-refractivity contribution in [3.05, 3.63) is 72.8 Å². The van der Waals surface area contributed by atoms with Crippen molar-refractivity contribution >= 4 is 89.9 Å². The summed E-state index contributed by atoms with van der Waals surface area (Å²) in [5, 5.41) is 27.4. The van der Waals surface area contributed by atoms with Crippen LogP contribution < -0.4 is 64.8 Å². The Hall–Kier alpha value is -2.86. The van der Waals surface area contributed by atoms with Gasteiger partial charge in [-0.2, -0.15) is 5.11 Å². The molecule has 5 aromatic carbocycles. The van der Waals surface area contributed by atoms with Gasteiger partial charge in [0.2, 0.25) is 0 Å². The average molecular weight is 778 g/mol. The molecule has 0 aromatic heterocycles. The standard InChI is InChI=1S/C28H23N5O11S4.2Na/c1-45(35,36)25-11-15-12-26(46(2,37)38)27(28(34)20(15)14-22(25)29)33-32-24-10-9-23(19-8-7-18(13-21(19)24)48(42,43)44)31-30-16-3-5-17(6-4-16)47(39,40)41;;/h3-14,34H,29H2,1-2H3,(H,39,40,41)(H,42,43,44);;/q;2*+1/p-2. The number of benzene rings is 5. The van der Waals surface area contributed by atoms with Crippen LogP contribution in [0.25, 0.3) is 21.5 Å². The van der Waals surface area contributed by atoms with Crippen LogP contribution in [-0.4, -0.2) is 60.4 Å². The van der Waals surface area contributed by atoms with Gasteiger partial charge in [-0.15, -0.1) is 15.3 Å². The van der Waals surface area contributed by atoms with E-state index in [9.17, 15) is 47.9 Å². The zero-order valence-electron chi connectivity index (χ0n) is 26.5. The summed E-state index contributed by atoms with van der Waals surface area (Å²) in [6.07, 6.45) is 1.74. The summed E-state index contributed by atoms with van der Waals surface area (Å²) in [6.45, 7) is 0. The number of rotatable bonds is 8.